The van der Waals surface area contributed by atoms with Gasteiger partial charge < -0.3 is 30.3 Å². The van der Waals surface area contributed by atoms with E-state index < -0.39 is 43.2 Å². The van der Waals surface area contributed by atoms with Gasteiger partial charge in [0.2, 0.25) is 5.79 Å². The molecular weight excluding hydrogens is 412 g/mol. The fourth-order valence-electron chi connectivity index (χ4n) is 4.43. The minimum atomic E-state index is -2.29. The van der Waals surface area contributed by atoms with Crippen molar-refractivity contribution in [3.63, 3.8) is 0 Å². The summed E-state index contributed by atoms with van der Waals surface area (Å²) in [5, 5.41) is 49.3. The van der Waals surface area contributed by atoms with E-state index in [9.17, 15) is 30.3 Å². The van der Waals surface area contributed by atoms with Crippen LogP contribution in [0.1, 0.15) is 116 Å². The van der Waals surface area contributed by atoms with Crippen molar-refractivity contribution in [3.8, 4) is 0 Å². The Balaban J connectivity index is 2.03. The third-order valence-electron chi connectivity index (χ3n) is 6.56. The molecule has 0 radical (unpaired) electrons. The van der Waals surface area contributed by atoms with Crippen molar-refractivity contribution < 1.29 is 35.1 Å². The van der Waals surface area contributed by atoms with Gasteiger partial charge >= 0.3 is 0 Å². The van der Waals surface area contributed by atoms with Crippen LogP contribution in [0.3, 0.4) is 0 Å². The molecule has 0 aromatic carbocycles. The van der Waals surface area contributed by atoms with E-state index in [4.69, 9.17) is 4.74 Å². The van der Waals surface area contributed by atoms with Crippen LogP contribution in [-0.4, -0.2) is 68.1 Å². The second-order valence-electron chi connectivity index (χ2n) is 9.52. The Morgan fingerprint density at radius 3 is 1.62 bits per heavy atom. The van der Waals surface area contributed by atoms with Gasteiger partial charge in [-0.3, -0.25) is 4.79 Å². The summed E-state index contributed by atoms with van der Waals surface area (Å²) in [7, 11) is 0. The van der Waals surface area contributed by atoms with Gasteiger partial charge in [0.15, 0.2) is 0 Å². The van der Waals surface area contributed by atoms with Crippen LogP contribution in [0.4, 0.5) is 0 Å². The lowest BCUT2D eigenvalue weighted by atomic mass is 9.89. The highest BCUT2D eigenvalue weighted by Crippen LogP contribution is 2.31. The number of rotatable bonds is 19. The number of carbonyl (C=O) groups excluding carboxylic acids is 1. The molecule has 0 aromatic heterocycles. The van der Waals surface area contributed by atoms with Crippen LogP contribution < -0.4 is 0 Å². The second-order valence-corrected chi connectivity index (χ2v) is 9.52. The average molecular weight is 461 g/mol. The molecule has 5 N–H and O–H groups in total. The Labute approximate surface area is 194 Å². The van der Waals surface area contributed by atoms with Crippen molar-refractivity contribution in [1.29, 1.82) is 0 Å². The van der Waals surface area contributed by atoms with Gasteiger partial charge in [-0.25, -0.2) is 0 Å². The molecule has 1 saturated heterocycles. The maximum Gasteiger partial charge on any atom is 0.202 e. The predicted molar refractivity (Wildman–Crippen MR) is 124 cm³/mol. The predicted octanol–water partition coefficient (Wildman–Crippen LogP) is 3.37. The van der Waals surface area contributed by atoms with E-state index in [1.54, 1.807) is 0 Å². The van der Waals surface area contributed by atoms with Gasteiger partial charge in [0, 0.05) is 6.42 Å². The maximum atomic E-state index is 12.2. The van der Waals surface area contributed by atoms with Crippen LogP contribution in [0, 0.1) is 0 Å². The van der Waals surface area contributed by atoms with Gasteiger partial charge in [-0.1, -0.05) is 96.8 Å². The van der Waals surface area contributed by atoms with Crippen molar-refractivity contribution in [3.05, 3.63) is 0 Å². The van der Waals surface area contributed by atoms with Crippen molar-refractivity contribution in [1.82, 2.24) is 0 Å². The third kappa shape index (κ3) is 11.0. The number of hydrogen-bond donors (Lipinski definition) is 5. The molecule has 0 amide bonds. The number of Topliss-reactive ketones (excluding diaryl/α,β-unsaturated/α-hetero) is 1. The van der Waals surface area contributed by atoms with Gasteiger partial charge in [0.05, 0.1) is 13.0 Å². The highest BCUT2D eigenvalue weighted by Gasteiger charge is 2.53. The Morgan fingerprint density at radius 2 is 1.19 bits per heavy atom. The summed E-state index contributed by atoms with van der Waals surface area (Å²) < 4.78 is 5.14. The number of aliphatic hydroxyl groups is 5. The van der Waals surface area contributed by atoms with Crippen molar-refractivity contribution in [2.24, 2.45) is 0 Å². The largest absolute Gasteiger partial charge is 0.394 e. The molecule has 1 aliphatic heterocycles. The number of unbranched alkanes of at least 4 members (excludes halogenated alkanes) is 14. The quantitative estimate of drug-likeness (QED) is 0.187. The lowest BCUT2D eigenvalue weighted by Crippen LogP contribution is -2.65. The maximum absolute atomic E-state index is 12.2. The van der Waals surface area contributed by atoms with Crippen LogP contribution in [0.5, 0.6) is 0 Å². The third-order valence-corrected chi connectivity index (χ3v) is 6.56. The number of ether oxygens (including phenoxy) is 1. The van der Waals surface area contributed by atoms with Gasteiger partial charge in [-0.05, 0) is 6.42 Å². The highest BCUT2D eigenvalue weighted by molar-refractivity contribution is 5.79. The normalized spacial score (nSPS) is 28.2. The Bertz CT molecular complexity index is 485. The summed E-state index contributed by atoms with van der Waals surface area (Å²) in [6.07, 6.45) is 12.1. The molecule has 0 saturated carbocycles. The SMILES string of the molecule is CCCCCCCCCCCCCCCCCC(=O)C[C@@]1(O)O[C@H](CO)[C@H](O)[C@H](O)[C@H]1O. The van der Waals surface area contributed by atoms with E-state index in [1.165, 1.54) is 77.0 Å². The van der Waals surface area contributed by atoms with Gasteiger partial charge in [0.25, 0.3) is 0 Å². The summed E-state index contributed by atoms with van der Waals surface area (Å²) in [5.74, 6) is -2.57. The Hall–Kier alpha value is -0.570. The summed E-state index contributed by atoms with van der Waals surface area (Å²) in [6, 6.07) is 0. The van der Waals surface area contributed by atoms with Crippen LogP contribution in [0.2, 0.25) is 0 Å². The number of ketones is 1. The minimum Gasteiger partial charge on any atom is -0.394 e. The first-order valence-corrected chi connectivity index (χ1v) is 12.9. The zero-order valence-electron chi connectivity index (χ0n) is 20.1. The van der Waals surface area contributed by atoms with Crippen molar-refractivity contribution in [2.75, 3.05) is 6.61 Å². The molecule has 0 aromatic rings. The van der Waals surface area contributed by atoms with Crippen LogP contribution >= 0.6 is 0 Å². The molecule has 7 nitrogen and oxygen atoms in total. The highest BCUT2D eigenvalue weighted by atomic mass is 16.7. The summed E-state index contributed by atoms with van der Waals surface area (Å²) in [4.78, 5) is 12.2. The molecule has 32 heavy (non-hydrogen) atoms. The fraction of sp³-hybridized carbons (Fsp3) is 0.960. The van der Waals surface area contributed by atoms with Crippen LogP contribution in [0.15, 0.2) is 0 Å². The van der Waals surface area contributed by atoms with E-state index in [1.807, 2.05) is 0 Å². The number of aliphatic hydroxyl groups excluding tert-OH is 4. The first-order chi connectivity index (χ1) is 15.4. The molecule has 1 aliphatic rings. The molecule has 7 heteroatoms. The zero-order chi connectivity index (χ0) is 23.8. The molecule has 0 aliphatic carbocycles. The summed E-state index contributed by atoms with van der Waals surface area (Å²) in [6.45, 7) is 1.61. The Kier molecular flexibility index (Phi) is 15.6. The van der Waals surface area contributed by atoms with Crippen molar-refractivity contribution in [2.45, 2.75) is 146 Å². The lowest BCUT2D eigenvalue weighted by molar-refractivity contribution is -0.347. The molecule has 0 unspecified atom stereocenters. The Morgan fingerprint density at radius 1 is 0.750 bits per heavy atom. The second kappa shape index (κ2) is 17.0. The van der Waals surface area contributed by atoms with E-state index in [-0.39, 0.29) is 12.2 Å². The molecule has 5 atom stereocenters. The smallest absolute Gasteiger partial charge is 0.202 e. The average Bonchev–Trinajstić information content (AvgIpc) is 2.77. The molecule has 0 spiro atoms. The molecule has 1 rings (SSSR count). The lowest BCUT2D eigenvalue weighted by Gasteiger charge is -2.45. The topological polar surface area (TPSA) is 127 Å². The molecule has 1 fully saturated rings. The minimum absolute atomic E-state index is 0.263. The fourth-order valence-corrected chi connectivity index (χ4v) is 4.43. The van der Waals surface area contributed by atoms with E-state index in [2.05, 4.69) is 6.92 Å². The van der Waals surface area contributed by atoms with Crippen molar-refractivity contribution >= 4 is 5.78 Å². The first-order valence-electron chi connectivity index (χ1n) is 12.9. The van der Waals surface area contributed by atoms with E-state index in [0.717, 1.165) is 12.8 Å². The molecule has 190 valence electrons. The monoisotopic (exact) mass is 460 g/mol. The first kappa shape index (κ1) is 29.5. The number of hydrogen-bond acceptors (Lipinski definition) is 7. The van der Waals surface area contributed by atoms with Crippen LogP contribution in [-0.2, 0) is 9.53 Å². The summed E-state index contributed by atoms with van der Waals surface area (Å²) in [5.41, 5.74) is 0. The standard InChI is InChI=1S/C25H48O7/c1-2-3-4-5-6-7-8-9-10-11-12-13-14-15-16-17-20(27)18-25(31)24(30)23(29)22(28)21(19-26)32-25/h21-24,26,28-31H,2-19H2,1H3/t21-,22+,23+,24-,25-/m1/s1. The zero-order valence-corrected chi connectivity index (χ0v) is 20.1. The van der Waals surface area contributed by atoms with Gasteiger partial charge in [-0.2, -0.15) is 0 Å². The van der Waals surface area contributed by atoms with Gasteiger partial charge in [0.1, 0.15) is 30.2 Å². The molecule has 1 heterocycles. The summed E-state index contributed by atoms with van der Waals surface area (Å²) >= 11 is 0. The molecule has 0 bridgehead atoms. The number of carbonyl (C=O) groups is 1. The van der Waals surface area contributed by atoms with Gasteiger partial charge in [-0.15, -0.1) is 0 Å². The molecular formula is C25H48O7. The van der Waals surface area contributed by atoms with Crippen LogP contribution in [0.25, 0.3) is 0 Å². The van der Waals surface area contributed by atoms with E-state index in [0.29, 0.717) is 6.42 Å². The van der Waals surface area contributed by atoms with E-state index >= 15 is 0 Å².